The van der Waals surface area contributed by atoms with Gasteiger partial charge >= 0.3 is 0 Å². The summed E-state index contributed by atoms with van der Waals surface area (Å²) in [5.74, 6) is -0.0698. The Bertz CT molecular complexity index is 883. The van der Waals surface area contributed by atoms with E-state index in [0.29, 0.717) is 6.54 Å². The van der Waals surface area contributed by atoms with Gasteiger partial charge in [0.2, 0.25) is 0 Å². The van der Waals surface area contributed by atoms with Crippen molar-refractivity contribution < 1.29 is 4.79 Å². The third-order valence-electron chi connectivity index (χ3n) is 3.81. The summed E-state index contributed by atoms with van der Waals surface area (Å²) in [6, 6.07) is 19.4. The molecule has 1 aliphatic heterocycles. The Morgan fingerprint density at radius 1 is 1.09 bits per heavy atom. The number of nitrogens with zero attached hydrogens (tertiary/aromatic N) is 3. The summed E-state index contributed by atoms with van der Waals surface area (Å²) in [4.78, 5) is 12.2. The first-order valence-electron chi connectivity index (χ1n) is 7.36. The minimum absolute atomic E-state index is 0.0698. The Balaban J connectivity index is 1.53. The minimum atomic E-state index is -0.0698. The molecule has 0 radical (unpaired) electrons. The van der Waals surface area contributed by atoms with Gasteiger partial charge in [0, 0.05) is 11.1 Å². The van der Waals surface area contributed by atoms with Gasteiger partial charge in [-0.1, -0.05) is 48.5 Å². The SMILES string of the molecule is O=C1c2ccccc2CN1/N=C/c1cc(-c2ccccc2)n[nH]1. The second kappa shape index (κ2) is 5.53. The van der Waals surface area contributed by atoms with Gasteiger partial charge in [0.1, 0.15) is 0 Å². The van der Waals surface area contributed by atoms with Crippen LogP contribution in [0.15, 0.2) is 65.8 Å². The molecule has 2 heterocycles. The van der Waals surface area contributed by atoms with Gasteiger partial charge in [-0.15, -0.1) is 0 Å². The van der Waals surface area contributed by atoms with Gasteiger partial charge in [0.25, 0.3) is 5.91 Å². The molecule has 0 atom stereocenters. The highest BCUT2D eigenvalue weighted by molar-refractivity contribution is 5.98. The van der Waals surface area contributed by atoms with Crippen LogP contribution in [0.25, 0.3) is 11.3 Å². The van der Waals surface area contributed by atoms with Gasteiger partial charge in [-0.05, 0) is 17.7 Å². The van der Waals surface area contributed by atoms with Crippen LogP contribution in [0.5, 0.6) is 0 Å². The van der Waals surface area contributed by atoms with E-state index in [1.807, 2.05) is 60.7 Å². The number of carbonyl (C=O) groups excluding carboxylic acids is 1. The number of hydrogen-bond acceptors (Lipinski definition) is 3. The maximum absolute atomic E-state index is 12.2. The zero-order valence-corrected chi connectivity index (χ0v) is 12.3. The first-order chi connectivity index (χ1) is 11.3. The number of rotatable bonds is 3. The smallest absolute Gasteiger partial charge is 0.274 e. The summed E-state index contributed by atoms with van der Waals surface area (Å²) < 4.78 is 0. The van der Waals surface area contributed by atoms with E-state index in [2.05, 4.69) is 15.3 Å². The van der Waals surface area contributed by atoms with Crippen LogP contribution in [-0.4, -0.2) is 27.3 Å². The van der Waals surface area contributed by atoms with Crippen molar-refractivity contribution in [1.82, 2.24) is 15.2 Å². The number of carbonyl (C=O) groups is 1. The Kier molecular flexibility index (Phi) is 3.24. The number of hydrazone groups is 1. The van der Waals surface area contributed by atoms with Gasteiger partial charge in [0.15, 0.2) is 0 Å². The summed E-state index contributed by atoms with van der Waals surface area (Å²) in [7, 11) is 0. The van der Waals surface area contributed by atoms with Crippen molar-refractivity contribution in [2.45, 2.75) is 6.54 Å². The van der Waals surface area contributed by atoms with Crippen LogP contribution < -0.4 is 0 Å². The summed E-state index contributed by atoms with van der Waals surface area (Å²) in [6.07, 6.45) is 1.63. The molecule has 1 aliphatic rings. The highest BCUT2D eigenvalue weighted by Crippen LogP contribution is 2.22. The van der Waals surface area contributed by atoms with Crippen LogP contribution in [0.1, 0.15) is 21.6 Å². The summed E-state index contributed by atoms with van der Waals surface area (Å²) in [5, 5.41) is 12.9. The van der Waals surface area contributed by atoms with E-state index in [1.165, 1.54) is 5.01 Å². The zero-order valence-electron chi connectivity index (χ0n) is 12.3. The molecule has 0 aliphatic carbocycles. The third kappa shape index (κ3) is 2.53. The topological polar surface area (TPSA) is 61.4 Å². The number of aromatic nitrogens is 2. The Hall–Kier alpha value is -3.21. The molecule has 1 amide bonds. The highest BCUT2D eigenvalue weighted by atomic mass is 16.2. The molecule has 5 heteroatoms. The molecule has 1 aromatic heterocycles. The fourth-order valence-electron chi connectivity index (χ4n) is 2.62. The molecule has 23 heavy (non-hydrogen) atoms. The second-order valence-corrected chi connectivity index (χ2v) is 5.34. The number of nitrogens with one attached hydrogen (secondary N) is 1. The van der Waals surface area contributed by atoms with Crippen LogP contribution in [0.4, 0.5) is 0 Å². The van der Waals surface area contributed by atoms with Gasteiger partial charge in [0.05, 0.1) is 24.1 Å². The van der Waals surface area contributed by atoms with Crippen LogP contribution >= 0.6 is 0 Å². The van der Waals surface area contributed by atoms with Crippen LogP contribution in [0.3, 0.4) is 0 Å². The molecule has 0 saturated carbocycles. The number of hydrogen-bond donors (Lipinski definition) is 1. The van der Waals surface area contributed by atoms with Crippen LogP contribution in [0.2, 0.25) is 0 Å². The standard InChI is InChI=1S/C18H14N4O/c23-18-16-9-5-4-8-14(16)12-22(18)19-11-15-10-17(21-20-15)13-6-2-1-3-7-13/h1-11H,12H2,(H,20,21)/b19-11+. The average molecular weight is 302 g/mol. The van der Waals surface area contributed by atoms with Crippen molar-refractivity contribution in [3.63, 3.8) is 0 Å². The Morgan fingerprint density at radius 2 is 1.87 bits per heavy atom. The fourth-order valence-corrected chi connectivity index (χ4v) is 2.62. The summed E-state index contributed by atoms with van der Waals surface area (Å²) in [5.41, 5.74) is 4.37. The van der Waals surface area contributed by atoms with E-state index in [9.17, 15) is 4.79 Å². The van der Waals surface area contributed by atoms with Gasteiger partial charge in [-0.2, -0.15) is 10.2 Å². The number of aromatic amines is 1. The van der Waals surface area contributed by atoms with Crippen LogP contribution in [0, 0.1) is 0 Å². The Labute approximate surface area is 133 Å². The lowest BCUT2D eigenvalue weighted by Crippen LogP contribution is -2.17. The average Bonchev–Trinajstić information content (AvgIpc) is 3.19. The minimum Gasteiger partial charge on any atom is -0.276 e. The third-order valence-corrected chi connectivity index (χ3v) is 3.81. The Morgan fingerprint density at radius 3 is 2.70 bits per heavy atom. The van der Waals surface area contributed by atoms with Crippen molar-refractivity contribution in [2.24, 2.45) is 5.10 Å². The van der Waals surface area contributed by atoms with Crippen molar-refractivity contribution in [3.8, 4) is 11.3 Å². The van der Waals surface area contributed by atoms with E-state index >= 15 is 0 Å². The molecule has 0 fully saturated rings. The normalized spacial score (nSPS) is 13.7. The number of H-pyrrole nitrogens is 1. The molecular formula is C18H14N4O. The van der Waals surface area contributed by atoms with Gasteiger partial charge in [-0.25, -0.2) is 5.01 Å². The molecule has 0 saturated heterocycles. The fraction of sp³-hybridized carbons (Fsp3) is 0.0556. The van der Waals surface area contributed by atoms with Gasteiger partial charge in [-0.3, -0.25) is 9.89 Å². The van der Waals surface area contributed by atoms with Gasteiger partial charge < -0.3 is 0 Å². The summed E-state index contributed by atoms with van der Waals surface area (Å²) in [6.45, 7) is 0.505. The van der Waals surface area contributed by atoms with E-state index < -0.39 is 0 Å². The predicted octanol–water partition coefficient (Wildman–Crippen LogP) is 3.07. The molecule has 0 unspecified atom stereocenters. The number of benzene rings is 2. The molecule has 112 valence electrons. The molecule has 4 rings (SSSR count). The van der Waals surface area contributed by atoms with E-state index in [-0.39, 0.29) is 5.91 Å². The van der Waals surface area contributed by atoms with Crippen molar-refractivity contribution in [1.29, 1.82) is 0 Å². The lowest BCUT2D eigenvalue weighted by molar-refractivity contribution is 0.0784. The van der Waals surface area contributed by atoms with Crippen molar-refractivity contribution in [2.75, 3.05) is 0 Å². The van der Waals surface area contributed by atoms with E-state index in [1.54, 1.807) is 6.21 Å². The number of fused-ring (bicyclic) bond motifs is 1. The highest BCUT2D eigenvalue weighted by Gasteiger charge is 2.26. The van der Waals surface area contributed by atoms with Crippen molar-refractivity contribution in [3.05, 3.63) is 77.5 Å². The predicted molar refractivity (Wildman–Crippen MR) is 87.9 cm³/mol. The molecule has 0 spiro atoms. The molecule has 3 aromatic rings. The van der Waals surface area contributed by atoms with Crippen LogP contribution in [-0.2, 0) is 6.54 Å². The molecule has 2 aromatic carbocycles. The largest absolute Gasteiger partial charge is 0.276 e. The monoisotopic (exact) mass is 302 g/mol. The molecule has 5 nitrogen and oxygen atoms in total. The first kappa shape index (κ1) is 13.5. The molecular weight excluding hydrogens is 288 g/mol. The van der Waals surface area contributed by atoms with E-state index in [4.69, 9.17) is 0 Å². The quantitative estimate of drug-likeness (QED) is 0.756. The lowest BCUT2D eigenvalue weighted by atomic mass is 10.1. The number of amides is 1. The lowest BCUT2D eigenvalue weighted by Gasteiger charge is -2.06. The molecule has 1 N–H and O–H groups in total. The zero-order chi connectivity index (χ0) is 15.6. The first-order valence-corrected chi connectivity index (χ1v) is 7.36. The molecule has 0 bridgehead atoms. The maximum Gasteiger partial charge on any atom is 0.274 e. The summed E-state index contributed by atoms with van der Waals surface area (Å²) >= 11 is 0. The maximum atomic E-state index is 12.2. The van der Waals surface area contributed by atoms with E-state index in [0.717, 1.165) is 28.1 Å². The second-order valence-electron chi connectivity index (χ2n) is 5.34. The van der Waals surface area contributed by atoms with Crippen molar-refractivity contribution >= 4 is 12.1 Å².